The van der Waals surface area contributed by atoms with Crippen LogP contribution in [0.5, 0.6) is 0 Å². The van der Waals surface area contributed by atoms with Crippen LogP contribution in [0.2, 0.25) is 0 Å². The molecule has 0 aliphatic rings. The summed E-state index contributed by atoms with van der Waals surface area (Å²) >= 11 is 0. The molecule has 0 saturated heterocycles. The third-order valence-electron chi connectivity index (χ3n) is 3.04. The number of hydrogen-bond acceptors (Lipinski definition) is 4. The molecule has 4 N–H and O–H groups in total. The largest absolute Gasteiger partial charge is 0.385 e. The van der Waals surface area contributed by atoms with Crippen LogP contribution in [0.3, 0.4) is 0 Å². The molecule has 6 nitrogen and oxygen atoms in total. The van der Waals surface area contributed by atoms with E-state index in [0.29, 0.717) is 18.7 Å². The molecule has 0 radical (unpaired) electrons. The molecule has 0 spiro atoms. The average molecular weight is 293 g/mol. The Balaban J connectivity index is 2.64. The van der Waals surface area contributed by atoms with Crippen LogP contribution in [0.25, 0.3) is 0 Å². The van der Waals surface area contributed by atoms with Crippen LogP contribution in [0, 0.1) is 0 Å². The van der Waals surface area contributed by atoms with Crippen molar-refractivity contribution in [2.24, 2.45) is 5.73 Å². The molecule has 0 aliphatic carbocycles. The number of carbonyl (C=O) groups is 2. The summed E-state index contributed by atoms with van der Waals surface area (Å²) < 4.78 is 4.90. The highest BCUT2D eigenvalue weighted by atomic mass is 16.5. The van der Waals surface area contributed by atoms with E-state index in [1.807, 2.05) is 25.1 Å². The van der Waals surface area contributed by atoms with E-state index in [-0.39, 0.29) is 17.9 Å². The third kappa shape index (κ3) is 5.93. The third-order valence-corrected chi connectivity index (χ3v) is 3.04. The summed E-state index contributed by atoms with van der Waals surface area (Å²) in [5.41, 5.74) is 7.37. The molecule has 6 heteroatoms. The Morgan fingerprint density at radius 2 is 2.10 bits per heavy atom. The SMILES string of the molecule is COCCC(N)C(=O)NC(C)c1cccc(NC(C)=O)c1. The molecule has 0 saturated carbocycles. The van der Waals surface area contributed by atoms with E-state index in [4.69, 9.17) is 10.5 Å². The molecule has 0 aliphatic heterocycles. The van der Waals surface area contributed by atoms with E-state index >= 15 is 0 Å². The first-order chi connectivity index (χ1) is 9.93. The maximum absolute atomic E-state index is 11.9. The summed E-state index contributed by atoms with van der Waals surface area (Å²) in [6, 6.07) is 6.55. The number of carbonyl (C=O) groups excluding carboxylic acids is 2. The summed E-state index contributed by atoms with van der Waals surface area (Å²) in [6.45, 7) is 3.77. The number of ether oxygens (including phenoxy) is 1. The van der Waals surface area contributed by atoms with Gasteiger partial charge in [-0.1, -0.05) is 12.1 Å². The first-order valence-electron chi connectivity index (χ1n) is 6.86. The number of nitrogens with one attached hydrogen (secondary N) is 2. The van der Waals surface area contributed by atoms with Gasteiger partial charge in [-0.3, -0.25) is 9.59 Å². The molecule has 2 unspecified atom stereocenters. The molecule has 1 aromatic carbocycles. The minimum atomic E-state index is -0.592. The van der Waals surface area contributed by atoms with Gasteiger partial charge in [0, 0.05) is 26.3 Å². The van der Waals surface area contributed by atoms with Gasteiger partial charge in [0.25, 0.3) is 0 Å². The van der Waals surface area contributed by atoms with E-state index in [0.717, 1.165) is 5.56 Å². The Bertz CT molecular complexity index is 491. The number of methoxy groups -OCH3 is 1. The van der Waals surface area contributed by atoms with Gasteiger partial charge in [0.1, 0.15) is 0 Å². The average Bonchev–Trinajstić information content (AvgIpc) is 2.44. The fraction of sp³-hybridized carbons (Fsp3) is 0.467. The van der Waals surface area contributed by atoms with Crippen LogP contribution in [-0.4, -0.2) is 31.6 Å². The fourth-order valence-corrected chi connectivity index (χ4v) is 1.87. The second-order valence-electron chi connectivity index (χ2n) is 4.92. The smallest absolute Gasteiger partial charge is 0.237 e. The monoisotopic (exact) mass is 293 g/mol. The van der Waals surface area contributed by atoms with Gasteiger partial charge < -0.3 is 21.1 Å². The molecular weight excluding hydrogens is 270 g/mol. The van der Waals surface area contributed by atoms with Gasteiger partial charge in [-0.05, 0) is 31.0 Å². The zero-order chi connectivity index (χ0) is 15.8. The van der Waals surface area contributed by atoms with Gasteiger partial charge in [-0.15, -0.1) is 0 Å². The first-order valence-corrected chi connectivity index (χ1v) is 6.86. The van der Waals surface area contributed by atoms with Crippen molar-refractivity contribution in [1.29, 1.82) is 0 Å². The minimum Gasteiger partial charge on any atom is -0.385 e. The lowest BCUT2D eigenvalue weighted by Gasteiger charge is -2.18. The number of anilines is 1. The Morgan fingerprint density at radius 3 is 2.71 bits per heavy atom. The second-order valence-corrected chi connectivity index (χ2v) is 4.92. The number of hydrogen-bond donors (Lipinski definition) is 3. The summed E-state index contributed by atoms with van der Waals surface area (Å²) in [5, 5.41) is 5.56. The lowest BCUT2D eigenvalue weighted by molar-refractivity contribution is -0.123. The standard InChI is InChI=1S/C15H23N3O3/c1-10(17-15(20)14(16)7-8-21-3)12-5-4-6-13(9-12)18-11(2)19/h4-6,9-10,14H,7-8,16H2,1-3H3,(H,17,20)(H,18,19). The quantitative estimate of drug-likeness (QED) is 0.704. The van der Waals surface area contributed by atoms with E-state index in [2.05, 4.69) is 10.6 Å². The summed E-state index contributed by atoms with van der Waals surface area (Å²) in [5.74, 6) is -0.352. The zero-order valence-corrected chi connectivity index (χ0v) is 12.7. The number of benzene rings is 1. The van der Waals surface area contributed by atoms with Crippen molar-refractivity contribution in [2.45, 2.75) is 32.4 Å². The molecule has 21 heavy (non-hydrogen) atoms. The topological polar surface area (TPSA) is 93.4 Å². The highest BCUT2D eigenvalue weighted by Crippen LogP contribution is 2.17. The first kappa shape index (κ1) is 17.1. The molecule has 0 heterocycles. The van der Waals surface area contributed by atoms with Crippen LogP contribution < -0.4 is 16.4 Å². The van der Waals surface area contributed by atoms with Crippen LogP contribution >= 0.6 is 0 Å². The van der Waals surface area contributed by atoms with Gasteiger partial charge in [-0.25, -0.2) is 0 Å². The Labute approximate surface area is 125 Å². The Hall–Kier alpha value is -1.92. The van der Waals surface area contributed by atoms with Crippen molar-refractivity contribution in [1.82, 2.24) is 5.32 Å². The van der Waals surface area contributed by atoms with Crippen molar-refractivity contribution >= 4 is 17.5 Å². The van der Waals surface area contributed by atoms with Crippen molar-refractivity contribution < 1.29 is 14.3 Å². The van der Waals surface area contributed by atoms with Crippen LogP contribution in [0.4, 0.5) is 5.69 Å². The fourth-order valence-electron chi connectivity index (χ4n) is 1.87. The Morgan fingerprint density at radius 1 is 1.38 bits per heavy atom. The number of rotatable bonds is 7. The molecule has 0 bridgehead atoms. The van der Waals surface area contributed by atoms with Crippen molar-refractivity contribution in [3.8, 4) is 0 Å². The lowest BCUT2D eigenvalue weighted by atomic mass is 10.1. The molecule has 2 amide bonds. The van der Waals surface area contributed by atoms with E-state index in [9.17, 15) is 9.59 Å². The lowest BCUT2D eigenvalue weighted by Crippen LogP contribution is -2.42. The molecular formula is C15H23N3O3. The van der Waals surface area contributed by atoms with E-state index in [1.165, 1.54) is 6.92 Å². The summed E-state index contributed by atoms with van der Waals surface area (Å²) in [6.07, 6.45) is 0.473. The van der Waals surface area contributed by atoms with E-state index < -0.39 is 6.04 Å². The summed E-state index contributed by atoms with van der Waals surface area (Å²) in [7, 11) is 1.57. The second kappa shape index (κ2) is 8.39. The molecule has 2 atom stereocenters. The van der Waals surface area contributed by atoms with Crippen molar-refractivity contribution in [2.75, 3.05) is 19.0 Å². The predicted octanol–water partition coefficient (Wildman–Crippen LogP) is 1.19. The molecule has 0 aromatic heterocycles. The maximum atomic E-state index is 11.9. The number of amides is 2. The molecule has 116 valence electrons. The van der Waals surface area contributed by atoms with Gasteiger partial charge in [0.05, 0.1) is 12.1 Å². The van der Waals surface area contributed by atoms with Gasteiger partial charge in [0.2, 0.25) is 11.8 Å². The highest BCUT2D eigenvalue weighted by molar-refractivity contribution is 5.88. The molecule has 1 aromatic rings. The van der Waals surface area contributed by atoms with E-state index in [1.54, 1.807) is 13.2 Å². The van der Waals surface area contributed by atoms with Gasteiger partial charge in [0.15, 0.2) is 0 Å². The van der Waals surface area contributed by atoms with Crippen LogP contribution in [-0.2, 0) is 14.3 Å². The van der Waals surface area contributed by atoms with Crippen LogP contribution in [0.1, 0.15) is 31.9 Å². The summed E-state index contributed by atoms with van der Waals surface area (Å²) in [4.78, 5) is 23.0. The number of nitrogens with two attached hydrogens (primary N) is 1. The van der Waals surface area contributed by atoms with Crippen LogP contribution in [0.15, 0.2) is 24.3 Å². The molecule has 1 rings (SSSR count). The normalized spacial score (nSPS) is 13.3. The zero-order valence-electron chi connectivity index (χ0n) is 12.7. The Kier molecular flexibility index (Phi) is 6.84. The molecule has 0 fully saturated rings. The van der Waals surface area contributed by atoms with Crippen molar-refractivity contribution in [3.05, 3.63) is 29.8 Å². The highest BCUT2D eigenvalue weighted by Gasteiger charge is 2.16. The minimum absolute atomic E-state index is 0.134. The maximum Gasteiger partial charge on any atom is 0.237 e. The van der Waals surface area contributed by atoms with Crippen molar-refractivity contribution in [3.63, 3.8) is 0 Å². The van der Waals surface area contributed by atoms with Gasteiger partial charge >= 0.3 is 0 Å². The predicted molar refractivity (Wildman–Crippen MR) is 81.8 cm³/mol. The van der Waals surface area contributed by atoms with Gasteiger partial charge in [-0.2, -0.15) is 0 Å².